The largest absolute Gasteiger partial charge is 0.393 e. The summed E-state index contributed by atoms with van der Waals surface area (Å²) in [4.78, 5) is 0.689. The maximum Gasteiger partial charge on any atom is 0.0732 e. The predicted octanol–water partition coefficient (Wildman–Crippen LogP) is 2.63. The highest BCUT2D eigenvalue weighted by Crippen LogP contribution is 2.38. The molecule has 11 heavy (non-hydrogen) atoms. The monoisotopic (exact) mass is 171 g/mol. The molecule has 0 aromatic heterocycles. The van der Waals surface area contributed by atoms with Crippen molar-refractivity contribution in [1.29, 1.82) is 0 Å². The molecule has 0 atom stereocenters. The molecule has 0 spiro atoms. The average molecular weight is 171 g/mol. The zero-order valence-corrected chi connectivity index (χ0v) is 8.04. The molecule has 0 aliphatic heterocycles. The van der Waals surface area contributed by atoms with Gasteiger partial charge >= 0.3 is 0 Å². The van der Waals surface area contributed by atoms with Crippen molar-refractivity contribution in [1.82, 2.24) is 0 Å². The summed E-state index contributed by atoms with van der Waals surface area (Å²) >= 11 is 4.93. The lowest BCUT2D eigenvalue weighted by molar-refractivity contribution is 0.226. The molecule has 1 aliphatic rings. The zero-order valence-electron chi connectivity index (χ0n) is 7.23. The van der Waals surface area contributed by atoms with Gasteiger partial charge in [-0.1, -0.05) is 38.4 Å². The number of rotatable bonds is 2. The third-order valence-electron chi connectivity index (χ3n) is 2.66. The minimum Gasteiger partial charge on any atom is -0.393 e. The smallest absolute Gasteiger partial charge is 0.0732 e. The summed E-state index contributed by atoms with van der Waals surface area (Å²) in [5.74, 6) is 0. The summed E-state index contributed by atoms with van der Waals surface area (Å²) < 4.78 is 0. The molecule has 0 unspecified atom stereocenters. The van der Waals surface area contributed by atoms with Gasteiger partial charge in [0.05, 0.1) is 4.99 Å². The van der Waals surface area contributed by atoms with Gasteiger partial charge in [0.2, 0.25) is 0 Å². The molecular weight excluding hydrogens is 154 g/mol. The van der Waals surface area contributed by atoms with Crippen LogP contribution in [0.5, 0.6) is 0 Å². The Bertz CT molecular complexity index is 148. The summed E-state index contributed by atoms with van der Waals surface area (Å²) in [6.45, 7) is 2.31. The minimum absolute atomic E-state index is 0.435. The first-order valence-corrected chi connectivity index (χ1v) is 4.82. The van der Waals surface area contributed by atoms with Crippen molar-refractivity contribution in [2.45, 2.75) is 45.4 Å². The third kappa shape index (κ3) is 2.78. The van der Waals surface area contributed by atoms with Crippen LogP contribution in [0.1, 0.15) is 45.4 Å². The van der Waals surface area contributed by atoms with Crippen LogP contribution in [0, 0.1) is 5.41 Å². The quantitative estimate of drug-likeness (QED) is 0.646. The van der Waals surface area contributed by atoms with E-state index >= 15 is 0 Å². The van der Waals surface area contributed by atoms with Crippen molar-refractivity contribution in [3.05, 3.63) is 0 Å². The molecule has 1 rings (SSSR count). The number of hydrogen-bond acceptors (Lipinski definition) is 1. The van der Waals surface area contributed by atoms with Crippen molar-refractivity contribution in [3.8, 4) is 0 Å². The Morgan fingerprint density at radius 3 is 2.36 bits per heavy atom. The van der Waals surface area contributed by atoms with Gasteiger partial charge in [0.15, 0.2) is 0 Å². The standard InChI is InChI=1S/C9H17NS/c1-9(7-8(10)11)5-3-2-4-6-9/h2-7H2,1H3,(H2,10,11). The van der Waals surface area contributed by atoms with Crippen LogP contribution < -0.4 is 5.73 Å². The highest BCUT2D eigenvalue weighted by Gasteiger charge is 2.26. The summed E-state index contributed by atoms with van der Waals surface area (Å²) in [7, 11) is 0. The topological polar surface area (TPSA) is 26.0 Å². The maximum atomic E-state index is 5.54. The Balaban J connectivity index is 2.43. The molecule has 0 amide bonds. The molecule has 0 aromatic carbocycles. The van der Waals surface area contributed by atoms with Gasteiger partial charge in [0.1, 0.15) is 0 Å². The highest BCUT2D eigenvalue weighted by molar-refractivity contribution is 7.80. The Morgan fingerprint density at radius 2 is 1.91 bits per heavy atom. The number of thiocarbonyl (C=S) groups is 1. The van der Waals surface area contributed by atoms with Gasteiger partial charge in [-0.15, -0.1) is 0 Å². The lowest BCUT2D eigenvalue weighted by Gasteiger charge is -2.33. The van der Waals surface area contributed by atoms with Crippen LogP contribution in [0.4, 0.5) is 0 Å². The number of nitrogens with two attached hydrogens (primary N) is 1. The molecule has 0 heterocycles. The van der Waals surface area contributed by atoms with E-state index in [0.29, 0.717) is 10.4 Å². The second-order valence-corrected chi connectivity index (χ2v) is 4.54. The fraction of sp³-hybridized carbons (Fsp3) is 0.889. The first-order valence-electron chi connectivity index (χ1n) is 4.41. The molecule has 1 nitrogen and oxygen atoms in total. The fourth-order valence-corrected chi connectivity index (χ4v) is 2.35. The molecule has 2 N–H and O–H groups in total. The van der Waals surface area contributed by atoms with Crippen LogP contribution in [0.3, 0.4) is 0 Å². The SMILES string of the molecule is CC1(CC(N)=S)CCCCC1. The molecule has 1 saturated carbocycles. The second kappa shape index (κ2) is 3.53. The van der Waals surface area contributed by atoms with Crippen molar-refractivity contribution < 1.29 is 0 Å². The van der Waals surface area contributed by atoms with Crippen LogP contribution in [0.2, 0.25) is 0 Å². The first kappa shape index (κ1) is 8.98. The van der Waals surface area contributed by atoms with Crippen LogP contribution in [-0.4, -0.2) is 4.99 Å². The van der Waals surface area contributed by atoms with Gasteiger partial charge in [-0.3, -0.25) is 0 Å². The maximum absolute atomic E-state index is 5.54. The summed E-state index contributed by atoms with van der Waals surface area (Å²) in [6.07, 6.45) is 7.68. The predicted molar refractivity (Wildman–Crippen MR) is 52.6 cm³/mol. The molecule has 0 bridgehead atoms. The van der Waals surface area contributed by atoms with E-state index in [-0.39, 0.29) is 0 Å². The summed E-state index contributed by atoms with van der Waals surface area (Å²) in [5.41, 5.74) is 5.97. The van der Waals surface area contributed by atoms with E-state index in [9.17, 15) is 0 Å². The van der Waals surface area contributed by atoms with Gasteiger partial charge in [-0.05, 0) is 18.3 Å². The van der Waals surface area contributed by atoms with E-state index < -0.39 is 0 Å². The summed E-state index contributed by atoms with van der Waals surface area (Å²) in [5, 5.41) is 0. The van der Waals surface area contributed by atoms with Gasteiger partial charge in [0, 0.05) is 6.42 Å². The van der Waals surface area contributed by atoms with Gasteiger partial charge < -0.3 is 5.73 Å². The van der Waals surface area contributed by atoms with Crippen LogP contribution in [0.15, 0.2) is 0 Å². The van der Waals surface area contributed by atoms with Crippen LogP contribution >= 0.6 is 12.2 Å². The van der Waals surface area contributed by atoms with E-state index in [1.807, 2.05) is 0 Å². The van der Waals surface area contributed by atoms with E-state index in [1.165, 1.54) is 32.1 Å². The van der Waals surface area contributed by atoms with Gasteiger partial charge in [-0.25, -0.2) is 0 Å². The van der Waals surface area contributed by atoms with Crippen molar-refractivity contribution in [2.24, 2.45) is 11.1 Å². The first-order chi connectivity index (χ1) is 5.12. The van der Waals surface area contributed by atoms with E-state index in [2.05, 4.69) is 6.92 Å². The molecule has 1 aliphatic carbocycles. The van der Waals surface area contributed by atoms with Crippen molar-refractivity contribution in [3.63, 3.8) is 0 Å². The average Bonchev–Trinajstić information content (AvgIpc) is 1.85. The molecule has 64 valence electrons. The fourth-order valence-electron chi connectivity index (χ4n) is 2.00. The summed E-state index contributed by atoms with van der Waals surface area (Å²) in [6, 6.07) is 0. The Labute approximate surface area is 74.4 Å². The van der Waals surface area contributed by atoms with Gasteiger partial charge in [0.25, 0.3) is 0 Å². The lowest BCUT2D eigenvalue weighted by Crippen LogP contribution is -2.26. The number of hydrogen-bond donors (Lipinski definition) is 1. The van der Waals surface area contributed by atoms with E-state index in [1.54, 1.807) is 0 Å². The third-order valence-corrected chi connectivity index (χ3v) is 2.81. The molecule has 1 fully saturated rings. The molecular formula is C9H17NS. The molecule has 0 radical (unpaired) electrons. The zero-order chi connectivity index (χ0) is 8.32. The van der Waals surface area contributed by atoms with E-state index in [4.69, 9.17) is 18.0 Å². The molecule has 0 aromatic rings. The van der Waals surface area contributed by atoms with Gasteiger partial charge in [-0.2, -0.15) is 0 Å². The van der Waals surface area contributed by atoms with Crippen LogP contribution in [-0.2, 0) is 0 Å². The van der Waals surface area contributed by atoms with Crippen LogP contribution in [0.25, 0.3) is 0 Å². The second-order valence-electron chi connectivity index (χ2n) is 4.01. The molecule has 0 saturated heterocycles. The Morgan fingerprint density at radius 1 is 1.36 bits per heavy atom. The molecule has 2 heteroatoms. The van der Waals surface area contributed by atoms with Crippen molar-refractivity contribution >= 4 is 17.2 Å². The Hall–Kier alpha value is -0.110. The highest BCUT2D eigenvalue weighted by atomic mass is 32.1. The minimum atomic E-state index is 0.435. The Kier molecular flexibility index (Phi) is 2.88. The van der Waals surface area contributed by atoms with E-state index in [0.717, 1.165) is 6.42 Å². The lowest BCUT2D eigenvalue weighted by atomic mass is 9.73. The van der Waals surface area contributed by atoms with Crippen molar-refractivity contribution in [2.75, 3.05) is 0 Å². The normalized spacial score (nSPS) is 23.0.